The predicted molar refractivity (Wildman–Crippen MR) is 79.6 cm³/mol. The van der Waals surface area contributed by atoms with E-state index in [9.17, 15) is 4.79 Å². The molecule has 0 heterocycles. The lowest BCUT2D eigenvalue weighted by Crippen LogP contribution is -2.06. The fourth-order valence-electron chi connectivity index (χ4n) is 1.86. The van der Waals surface area contributed by atoms with Crippen molar-refractivity contribution in [2.45, 2.75) is 20.0 Å². The van der Waals surface area contributed by atoms with Crippen LogP contribution in [0.25, 0.3) is 0 Å². The molecule has 0 radical (unpaired) electrons. The van der Waals surface area contributed by atoms with Gasteiger partial charge in [0.2, 0.25) is 0 Å². The Balaban J connectivity index is 2.26. The molecule has 2 aromatic rings. The lowest BCUT2D eigenvalue weighted by Gasteiger charge is -2.17. The molecule has 0 fully saturated rings. The minimum atomic E-state index is -0.0968. The van der Waals surface area contributed by atoms with Gasteiger partial charge in [-0.05, 0) is 37.6 Å². The Bertz CT molecular complexity index is 579. The van der Waals surface area contributed by atoms with E-state index in [-0.39, 0.29) is 11.9 Å². The first-order valence-corrected chi connectivity index (χ1v) is 6.89. The fraction of sp³-hybridized carbons (Fsp3) is 0.188. The number of ketones is 1. The van der Waals surface area contributed by atoms with Crippen LogP contribution in [0, 0.1) is 0 Å². The Morgan fingerprint density at radius 2 is 1.84 bits per heavy atom. The number of Topliss-reactive ketones (excluding diaryl/α,β-unsaturated/α-hetero) is 1. The molecule has 0 aliphatic heterocycles. The Labute approximate surface area is 121 Å². The average Bonchev–Trinajstić information content (AvgIpc) is 2.41. The lowest BCUT2D eigenvalue weighted by molar-refractivity contribution is 0.101. The van der Waals surface area contributed by atoms with Crippen LogP contribution in [0.3, 0.4) is 0 Å². The molecule has 0 saturated heterocycles. The van der Waals surface area contributed by atoms with Crippen molar-refractivity contribution >= 4 is 21.7 Å². The number of benzene rings is 2. The summed E-state index contributed by atoms with van der Waals surface area (Å²) in [5, 5.41) is 0. The van der Waals surface area contributed by atoms with Crippen LogP contribution in [-0.4, -0.2) is 5.78 Å². The van der Waals surface area contributed by atoms with Gasteiger partial charge in [-0.3, -0.25) is 4.79 Å². The predicted octanol–water partition coefficient (Wildman–Crippen LogP) is 4.79. The number of rotatable bonds is 4. The van der Waals surface area contributed by atoms with Gasteiger partial charge in [-0.25, -0.2) is 0 Å². The van der Waals surface area contributed by atoms with Crippen LogP contribution in [0.2, 0.25) is 0 Å². The second-order valence-electron chi connectivity index (χ2n) is 4.37. The summed E-state index contributed by atoms with van der Waals surface area (Å²) in [4.78, 5) is 11.6. The van der Waals surface area contributed by atoms with Crippen molar-refractivity contribution in [3.05, 3.63) is 64.1 Å². The number of carbonyl (C=O) groups excluding carboxylic acids is 1. The largest absolute Gasteiger partial charge is 0.485 e. The molecule has 1 unspecified atom stereocenters. The third kappa shape index (κ3) is 3.44. The van der Waals surface area contributed by atoms with Gasteiger partial charge in [0, 0.05) is 4.47 Å². The van der Waals surface area contributed by atoms with Crippen LogP contribution in [0.1, 0.15) is 35.9 Å². The lowest BCUT2D eigenvalue weighted by atomic mass is 10.1. The van der Waals surface area contributed by atoms with Gasteiger partial charge in [-0.15, -0.1) is 0 Å². The van der Waals surface area contributed by atoms with Crippen LogP contribution in [0.15, 0.2) is 53.0 Å². The Morgan fingerprint density at radius 3 is 2.47 bits per heavy atom. The number of ether oxygens (including phenoxy) is 1. The van der Waals surface area contributed by atoms with E-state index in [1.165, 1.54) is 0 Å². The summed E-state index contributed by atoms with van der Waals surface area (Å²) in [5.41, 5.74) is 1.68. The smallest absolute Gasteiger partial charge is 0.163 e. The van der Waals surface area contributed by atoms with Crippen molar-refractivity contribution in [3.8, 4) is 5.75 Å². The van der Waals surface area contributed by atoms with E-state index in [1.54, 1.807) is 13.0 Å². The molecule has 0 bridgehead atoms. The number of halogens is 1. The Kier molecular flexibility index (Phi) is 4.38. The molecule has 0 aliphatic rings. The third-order valence-corrected chi connectivity index (χ3v) is 3.39. The molecule has 0 aromatic heterocycles. The van der Waals surface area contributed by atoms with Gasteiger partial charge in [0.05, 0.1) is 5.56 Å². The first-order valence-electron chi connectivity index (χ1n) is 6.10. The van der Waals surface area contributed by atoms with Crippen molar-refractivity contribution in [2.75, 3.05) is 0 Å². The molecular formula is C16H15BrO2. The Morgan fingerprint density at radius 1 is 1.16 bits per heavy atom. The van der Waals surface area contributed by atoms with Gasteiger partial charge in [-0.2, -0.15) is 0 Å². The summed E-state index contributed by atoms with van der Waals surface area (Å²) in [6.45, 7) is 3.52. The maximum Gasteiger partial charge on any atom is 0.163 e. The summed E-state index contributed by atoms with van der Waals surface area (Å²) in [6, 6.07) is 15.4. The molecule has 0 amide bonds. The average molecular weight is 319 g/mol. The third-order valence-electron chi connectivity index (χ3n) is 2.89. The number of hydrogen-bond acceptors (Lipinski definition) is 2. The van der Waals surface area contributed by atoms with E-state index in [2.05, 4.69) is 15.9 Å². The SMILES string of the molecule is CC(=O)c1cc(Br)ccc1OC(C)c1ccccc1. The topological polar surface area (TPSA) is 26.3 Å². The number of hydrogen-bond donors (Lipinski definition) is 0. The maximum absolute atomic E-state index is 11.6. The van der Waals surface area contributed by atoms with Crippen LogP contribution in [-0.2, 0) is 0 Å². The fourth-order valence-corrected chi connectivity index (χ4v) is 2.22. The van der Waals surface area contributed by atoms with Gasteiger partial charge in [-0.1, -0.05) is 46.3 Å². The number of carbonyl (C=O) groups is 1. The molecule has 2 nitrogen and oxygen atoms in total. The molecule has 0 spiro atoms. The van der Waals surface area contributed by atoms with Crippen molar-refractivity contribution < 1.29 is 9.53 Å². The molecule has 0 N–H and O–H groups in total. The molecule has 2 aromatic carbocycles. The zero-order chi connectivity index (χ0) is 13.8. The van der Waals surface area contributed by atoms with Crippen molar-refractivity contribution in [1.29, 1.82) is 0 Å². The van der Waals surface area contributed by atoms with E-state index < -0.39 is 0 Å². The van der Waals surface area contributed by atoms with Gasteiger partial charge >= 0.3 is 0 Å². The van der Waals surface area contributed by atoms with E-state index in [0.29, 0.717) is 11.3 Å². The van der Waals surface area contributed by atoms with Crippen molar-refractivity contribution in [3.63, 3.8) is 0 Å². The highest BCUT2D eigenvalue weighted by Crippen LogP contribution is 2.28. The van der Waals surface area contributed by atoms with Gasteiger partial charge < -0.3 is 4.74 Å². The van der Waals surface area contributed by atoms with E-state index in [0.717, 1.165) is 10.0 Å². The van der Waals surface area contributed by atoms with Crippen molar-refractivity contribution in [1.82, 2.24) is 0 Å². The minimum absolute atomic E-state index is 0.00318. The highest BCUT2D eigenvalue weighted by molar-refractivity contribution is 9.10. The summed E-state index contributed by atoms with van der Waals surface area (Å²) < 4.78 is 6.78. The van der Waals surface area contributed by atoms with Crippen LogP contribution >= 0.6 is 15.9 Å². The maximum atomic E-state index is 11.6. The van der Waals surface area contributed by atoms with E-state index in [4.69, 9.17) is 4.74 Å². The standard InChI is InChI=1S/C16H15BrO2/c1-11(18)15-10-14(17)8-9-16(15)19-12(2)13-6-4-3-5-7-13/h3-10,12H,1-2H3. The molecule has 3 heteroatoms. The second-order valence-corrected chi connectivity index (χ2v) is 5.28. The minimum Gasteiger partial charge on any atom is -0.485 e. The molecule has 2 rings (SSSR count). The molecule has 19 heavy (non-hydrogen) atoms. The quantitative estimate of drug-likeness (QED) is 0.757. The second kappa shape index (κ2) is 6.02. The zero-order valence-corrected chi connectivity index (χ0v) is 12.5. The summed E-state index contributed by atoms with van der Waals surface area (Å²) >= 11 is 3.37. The Hall–Kier alpha value is -1.61. The normalized spacial score (nSPS) is 11.9. The van der Waals surface area contributed by atoms with E-state index in [1.807, 2.05) is 49.4 Å². The van der Waals surface area contributed by atoms with Gasteiger partial charge in [0.1, 0.15) is 11.9 Å². The summed E-state index contributed by atoms with van der Waals surface area (Å²) in [5.74, 6) is 0.614. The van der Waals surface area contributed by atoms with Crippen LogP contribution < -0.4 is 4.74 Å². The molecule has 0 saturated carbocycles. The van der Waals surface area contributed by atoms with Crippen LogP contribution in [0.4, 0.5) is 0 Å². The first-order chi connectivity index (χ1) is 9.08. The zero-order valence-electron chi connectivity index (χ0n) is 10.9. The highest BCUT2D eigenvalue weighted by Gasteiger charge is 2.13. The highest BCUT2D eigenvalue weighted by atomic mass is 79.9. The molecule has 1 atom stereocenters. The molecular weight excluding hydrogens is 304 g/mol. The monoisotopic (exact) mass is 318 g/mol. The van der Waals surface area contributed by atoms with Gasteiger partial charge in [0.25, 0.3) is 0 Å². The molecule has 0 aliphatic carbocycles. The van der Waals surface area contributed by atoms with E-state index >= 15 is 0 Å². The first kappa shape index (κ1) is 13.8. The summed E-state index contributed by atoms with van der Waals surface area (Å²) in [7, 11) is 0. The summed E-state index contributed by atoms with van der Waals surface area (Å²) in [6.07, 6.45) is -0.0968. The molecule has 98 valence electrons. The van der Waals surface area contributed by atoms with Crippen molar-refractivity contribution in [2.24, 2.45) is 0 Å². The van der Waals surface area contributed by atoms with Crippen LogP contribution in [0.5, 0.6) is 5.75 Å². The van der Waals surface area contributed by atoms with Gasteiger partial charge in [0.15, 0.2) is 5.78 Å².